The molecule has 10 nitrogen and oxygen atoms in total. The van der Waals surface area contributed by atoms with Crippen LogP contribution in [0, 0.1) is 5.92 Å². The van der Waals surface area contributed by atoms with Crippen molar-refractivity contribution in [3.05, 3.63) is 46.5 Å². The van der Waals surface area contributed by atoms with E-state index in [1.807, 2.05) is 13.0 Å². The number of imide groups is 1. The molecule has 180 valence electrons. The lowest BCUT2D eigenvalue weighted by atomic mass is 9.73. The number of hydrogen-bond donors (Lipinski definition) is 1. The highest BCUT2D eigenvalue weighted by atomic mass is 16.2. The number of piperazine rings is 1. The number of carbonyl (C=O) groups excluding carboxylic acids is 3. The molecular formula is C24H30N6O4. The van der Waals surface area contributed by atoms with Crippen LogP contribution in [0.15, 0.2) is 35.3 Å². The maximum absolute atomic E-state index is 13.1. The molecule has 4 heterocycles. The second-order valence-corrected chi connectivity index (χ2v) is 9.61. The smallest absolute Gasteiger partial charge is 0.325 e. The van der Waals surface area contributed by atoms with Gasteiger partial charge in [0.05, 0.1) is 5.69 Å². The Bertz CT molecular complexity index is 1190. The molecule has 0 bridgehead atoms. The van der Waals surface area contributed by atoms with Crippen LogP contribution in [-0.2, 0) is 16.1 Å². The summed E-state index contributed by atoms with van der Waals surface area (Å²) in [7, 11) is 0. The van der Waals surface area contributed by atoms with Gasteiger partial charge < -0.3 is 10.2 Å². The highest BCUT2D eigenvalue weighted by Gasteiger charge is 2.55. The molecule has 4 amide bonds. The molecule has 2 aliphatic heterocycles. The van der Waals surface area contributed by atoms with E-state index in [1.165, 1.54) is 4.40 Å². The first-order valence-corrected chi connectivity index (χ1v) is 12.0. The van der Waals surface area contributed by atoms with E-state index >= 15 is 0 Å². The molecule has 34 heavy (non-hydrogen) atoms. The van der Waals surface area contributed by atoms with Gasteiger partial charge in [0, 0.05) is 45.0 Å². The zero-order valence-electron chi connectivity index (χ0n) is 19.4. The van der Waals surface area contributed by atoms with E-state index in [0.29, 0.717) is 50.5 Å². The van der Waals surface area contributed by atoms with Gasteiger partial charge in [0.25, 0.3) is 11.5 Å². The lowest BCUT2D eigenvalue weighted by Gasteiger charge is -2.37. The number of urea groups is 1. The van der Waals surface area contributed by atoms with E-state index in [2.05, 4.69) is 15.2 Å². The molecule has 3 fully saturated rings. The molecule has 3 aliphatic rings. The highest BCUT2D eigenvalue weighted by Crippen LogP contribution is 2.38. The average molecular weight is 467 g/mol. The summed E-state index contributed by atoms with van der Waals surface area (Å²) in [4.78, 5) is 60.5. The molecule has 1 N–H and O–H groups in total. The molecule has 2 aromatic rings. The van der Waals surface area contributed by atoms with Gasteiger partial charge in [-0.15, -0.1) is 0 Å². The number of fused-ring (bicyclic) bond motifs is 1. The van der Waals surface area contributed by atoms with Crippen LogP contribution in [0.4, 0.5) is 4.79 Å². The zero-order valence-corrected chi connectivity index (χ0v) is 19.4. The lowest BCUT2D eigenvalue weighted by Crippen LogP contribution is -2.54. The highest BCUT2D eigenvalue weighted by molar-refractivity contribution is 6.09. The lowest BCUT2D eigenvalue weighted by molar-refractivity contribution is -0.141. The Morgan fingerprint density at radius 1 is 1.15 bits per heavy atom. The zero-order chi connectivity index (χ0) is 23.9. The summed E-state index contributed by atoms with van der Waals surface area (Å²) in [5, 5.41) is 2.90. The van der Waals surface area contributed by atoms with Crippen molar-refractivity contribution in [2.75, 3.05) is 32.7 Å². The first-order chi connectivity index (χ1) is 16.4. The summed E-state index contributed by atoms with van der Waals surface area (Å²) in [5.74, 6) is -0.408. The van der Waals surface area contributed by atoms with Crippen LogP contribution in [0.25, 0.3) is 5.65 Å². The molecule has 2 saturated heterocycles. The van der Waals surface area contributed by atoms with Gasteiger partial charge in [-0.1, -0.05) is 25.8 Å². The minimum Gasteiger partial charge on any atom is -0.339 e. The minimum atomic E-state index is -0.847. The van der Waals surface area contributed by atoms with Crippen LogP contribution >= 0.6 is 0 Å². The fraction of sp³-hybridized carbons (Fsp3) is 0.542. The topological polar surface area (TPSA) is 107 Å². The number of carbonyl (C=O) groups is 3. The quantitative estimate of drug-likeness (QED) is 0.670. The minimum absolute atomic E-state index is 0.0677. The third-order valence-electron chi connectivity index (χ3n) is 7.53. The van der Waals surface area contributed by atoms with E-state index < -0.39 is 11.6 Å². The first-order valence-electron chi connectivity index (χ1n) is 12.0. The largest absolute Gasteiger partial charge is 0.339 e. The number of aromatic nitrogens is 2. The molecule has 1 spiro atoms. The van der Waals surface area contributed by atoms with Crippen LogP contribution in [0.2, 0.25) is 0 Å². The third kappa shape index (κ3) is 3.96. The molecule has 0 aromatic carbocycles. The van der Waals surface area contributed by atoms with Crippen molar-refractivity contribution in [1.29, 1.82) is 0 Å². The molecule has 0 radical (unpaired) electrons. The van der Waals surface area contributed by atoms with Gasteiger partial charge in [-0.3, -0.25) is 28.6 Å². The summed E-state index contributed by atoms with van der Waals surface area (Å²) in [6.07, 6.45) is 5.18. The molecule has 1 saturated carbocycles. The molecule has 5 rings (SSSR count). The maximum Gasteiger partial charge on any atom is 0.325 e. The van der Waals surface area contributed by atoms with Crippen molar-refractivity contribution in [2.24, 2.45) is 5.92 Å². The third-order valence-corrected chi connectivity index (χ3v) is 7.53. The summed E-state index contributed by atoms with van der Waals surface area (Å²) in [6, 6.07) is 6.53. The summed E-state index contributed by atoms with van der Waals surface area (Å²) < 4.78 is 1.51. The van der Waals surface area contributed by atoms with Crippen molar-refractivity contribution in [2.45, 2.75) is 44.7 Å². The van der Waals surface area contributed by atoms with Gasteiger partial charge in [-0.25, -0.2) is 9.78 Å². The van der Waals surface area contributed by atoms with Crippen LogP contribution < -0.4 is 10.9 Å². The second-order valence-electron chi connectivity index (χ2n) is 9.61. The normalized spacial score (nSPS) is 25.9. The number of nitrogens with one attached hydrogen (secondary N) is 1. The Kier molecular flexibility index (Phi) is 5.85. The van der Waals surface area contributed by atoms with Crippen molar-refractivity contribution < 1.29 is 14.4 Å². The van der Waals surface area contributed by atoms with Crippen molar-refractivity contribution in [3.63, 3.8) is 0 Å². The number of rotatable bonds is 4. The monoisotopic (exact) mass is 466 g/mol. The van der Waals surface area contributed by atoms with Gasteiger partial charge in [0.15, 0.2) is 0 Å². The number of amides is 4. The van der Waals surface area contributed by atoms with E-state index in [0.717, 1.165) is 24.2 Å². The van der Waals surface area contributed by atoms with Crippen molar-refractivity contribution in [3.8, 4) is 0 Å². The van der Waals surface area contributed by atoms with E-state index in [4.69, 9.17) is 0 Å². The van der Waals surface area contributed by atoms with Crippen LogP contribution in [0.5, 0.6) is 0 Å². The fourth-order valence-electron chi connectivity index (χ4n) is 5.44. The molecule has 10 heteroatoms. The fourth-order valence-corrected chi connectivity index (χ4v) is 5.44. The molecule has 2 aromatic heterocycles. The molecular weight excluding hydrogens is 436 g/mol. The van der Waals surface area contributed by atoms with Gasteiger partial charge in [0.1, 0.15) is 17.7 Å². The second kappa shape index (κ2) is 8.83. The van der Waals surface area contributed by atoms with Gasteiger partial charge in [0.2, 0.25) is 5.91 Å². The van der Waals surface area contributed by atoms with Crippen molar-refractivity contribution >= 4 is 23.5 Å². The van der Waals surface area contributed by atoms with Crippen LogP contribution in [0.3, 0.4) is 0 Å². The number of hydrogen-bond acceptors (Lipinski definition) is 6. The first kappa shape index (κ1) is 22.5. The number of pyridine rings is 1. The van der Waals surface area contributed by atoms with E-state index in [9.17, 15) is 19.2 Å². The Hall–Kier alpha value is -3.27. The van der Waals surface area contributed by atoms with Crippen LogP contribution in [-0.4, -0.2) is 80.2 Å². The standard InChI is InChI=1S/C24H30N6O4/c1-17-6-2-4-8-24(17)22(33)30(23(34)26-24)16-21(32)28-12-10-27(11-13-28)15-18-14-20(31)29-9-5-3-7-19(29)25-18/h3,5,7,9,14,17H,2,4,6,8,10-13,15-16H2,1H3,(H,26,34). The summed E-state index contributed by atoms with van der Waals surface area (Å²) >= 11 is 0. The SMILES string of the molecule is CC1CCCCC12NC(=O)N(CC(=O)N1CCN(Cc3cc(=O)n4ccccc4n3)CC1)C2=O. The maximum atomic E-state index is 13.1. The van der Waals surface area contributed by atoms with Gasteiger partial charge >= 0.3 is 6.03 Å². The predicted molar refractivity (Wildman–Crippen MR) is 124 cm³/mol. The summed E-state index contributed by atoms with van der Waals surface area (Å²) in [6.45, 7) is 4.55. The predicted octanol–water partition coefficient (Wildman–Crippen LogP) is 0.839. The molecule has 1 aliphatic carbocycles. The summed E-state index contributed by atoms with van der Waals surface area (Å²) in [5.41, 5.74) is 0.340. The Morgan fingerprint density at radius 2 is 1.94 bits per heavy atom. The average Bonchev–Trinajstić information content (AvgIpc) is 3.06. The van der Waals surface area contributed by atoms with E-state index in [-0.39, 0.29) is 29.8 Å². The van der Waals surface area contributed by atoms with E-state index in [1.54, 1.807) is 29.3 Å². The van der Waals surface area contributed by atoms with Crippen LogP contribution in [0.1, 0.15) is 38.3 Å². The van der Waals surface area contributed by atoms with Crippen molar-refractivity contribution in [1.82, 2.24) is 29.4 Å². The molecule has 2 atom stereocenters. The Balaban J connectivity index is 1.18. The Labute approximate surface area is 197 Å². The number of nitrogens with zero attached hydrogens (tertiary/aromatic N) is 5. The molecule has 2 unspecified atom stereocenters. The Morgan fingerprint density at radius 3 is 2.71 bits per heavy atom. The van der Waals surface area contributed by atoms with Gasteiger partial charge in [-0.05, 0) is 30.9 Å². The van der Waals surface area contributed by atoms with Gasteiger partial charge in [-0.2, -0.15) is 0 Å².